The molecule has 2 aromatic rings. The molecule has 22 heavy (non-hydrogen) atoms. The number of imidazole rings is 1. The summed E-state index contributed by atoms with van der Waals surface area (Å²) in [5.74, 6) is 0.306. The highest BCUT2D eigenvalue weighted by molar-refractivity contribution is 5.68. The molecule has 0 spiro atoms. The quantitative estimate of drug-likeness (QED) is 0.532. The maximum Gasteiger partial charge on any atom is 0.180 e. The molecule has 1 aliphatic carbocycles. The molecule has 0 aliphatic heterocycles. The number of aromatic amines is 1. The van der Waals surface area contributed by atoms with Crippen LogP contribution < -0.4 is 5.73 Å². The number of methoxy groups -OCH3 is 2. The van der Waals surface area contributed by atoms with E-state index in [0.717, 1.165) is 0 Å². The Balaban J connectivity index is 2.16. The van der Waals surface area contributed by atoms with Crippen LogP contribution in [0.3, 0.4) is 0 Å². The van der Waals surface area contributed by atoms with Crippen molar-refractivity contribution in [3.05, 3.63) is 18.3 Å². The number of rotatable bonds is 5. The molecular weight excluding hydrogens is 290 g/mol. The van der Waals surface area contributed by atoms with Crippen molar-refractivity contribution < 1.29 is 19.7 Å². The van der Waals surface area contributed by atoms with E-state index in [-0.39, 0.29) is 13.0 Å². The maximum absolute atomic E-state index is 9.93. The Labute approximate surface area is 126 Å². The fraction of sp³-hybridized carbons (Fsp3) is 0.615. The number of hydrogen-bond acceptors (Lipinski definition) is 8. The molecule has 120 valence electrons. The predicted octanol–water partition coefficient (Wildman–Crippen LogP) is -1.33. The Hall–Kier alpha value is -1.65. The minimum atomic E-state index is -1.35. The molecule has 0 amide bonds. The van der Waals surface area contributed by atoms with Crippen LogP contribution >= 0.6 is 0 Å². The number of aliphatic hydroxyl groups excluding tert-OH is 2. The summed E-state index contributed by atoms with van der Waals surface area (Å²) >= 11 is 0. The molecule has 3 atom stereocenters. The first kappa shape index (κ1) is 15.3. The van der Waals surface area contributed by atoms with Gasteiger partial charge in [0.15, 0.2) is 17.1 Å². The van der Waals surface area contributed by atoms with Crippen molar-refractivity contribution in [2.75, 3.05) is 27.4 Å². The van der Waals surface area contributed by atoms with E-state index in [1.165, 1.54) is 20.5 Å². The number of nitrogens with two attached hydrogens (primary N) is 1. The summed E-state index contributed by atoms with van der Waals surface area (Å²) < 4.78 is 11.2. The molecule has 1 saturated carbocycles. The Bertz CT molecular complexity index is 688. The zero-order chi connectivity index (χ0) is 16.0. The zero-order valence-corrected chi connectivity index (χ0v) is 12.4. The number of nitrogens with one attached hydrogen (secondary N) is 1. The summed E-state index contributed by atoms with van der Waals surface area (Å²) in [4.78, 5) is 15.7. The first-order valence-corrected chi connectivity index (χ1v) is 6.80. The lowest BCUT2D eigenvalue weighted by Crippen LogP contribution is -2.85. The maximum atomic E-state index is 9.93. The minimum Gasteiger partial charge on any atom is -0.394 e. The molecule has 2 aromatic heterocycles. The average molecular weight is 309 g/mol. The predicted molar refractivity (Wildman–Crippen MR) is 75.8 cm³/mol. The van der Waals surface area contributed by atoms with Crippen molar-refractivity contribution in [1.29, 1.82) is 0 Å². The number of H-pyrrole nitrogens is 1. The largest absolute Gasteiger partial charge is 0.394 e. The van der Waals surface area contributed by atoms with Gasteiger partial charge in [-0.2, -0.15) is 0 Å². The molecule has 9 nitrogen and oxygen atoms in total. The third-order valence-corrected chi connectivity index (χ3v) is 4.76. The molecule has 0 saturated heterocycles. The monoisotopic (exact) mass is 309 g/mol. The standard InChI is InChI=1S/C13H19N5O4/c1-21-12(4-11(14,5-19)13(12,6-20)22-2)10-15-3-8-9(18-10)17-7-16-8/h3,7,19-20H,4-6,14H2,1-2H3,(H,15,16,17,18). The Morgan fingerprint density at radius 1 is 1.27 bits per heavy atom. The lowest BCUT2D eigenvalue weighted by Gasteiger charge is -2.65. The fourth-order valence-electron chi connectivity index (χ4n) is 3.45. The molecule has 0 aromatic carbocycles. The van der Waals surface area contributed by atoms with Gasteiger partial charge in [-0.1, -0.05) is 0 Å². The first-order chi connectivity index (χ1) is 10.5. The molecule has 0 radical (unpaired) electrons. The highest BCUT2D eigenvalue weighted by Gasteiger charge is 2.76. The summed E-state index contributed by atoms with van der Waals surface area (Å²) in [5, 5.41) is 19.6. The third kappa shape index (κ3) is 1.57. The van der Waals surface area contributed by atoms with Crippen LogP contribution in [0.5, 0.6) is 0 Å². The lowest BCUT2D eigenvalue weighted by atomic mass is 9.52. The number of aromatic nitrogens is 4. The van der Waals surface area contributed by atoms with Gasteiger partial charge in [-0.25, -0.2) is 15.0 Å². The van der Waals surface area contributed by atoms with Gasteiger partial charge in [0.25, 0.3) is 0 Å². The van der Waals surface area contributed by atoms with Gasteiger partial charge in [0.1, 0.15) is 11.1 Å². The molecule has 1 aliphatic rings. The van der Waals surface area contributed by atoms with Crippen molar-refractivity contribution in [3.8, 4) is 0 Å². The van der Waals surface area contributed by atoms with Crippen molar-refractivity contribution in [3.63, 3.8) is 0 Å². The summed E-state index contributed by atoms with van der Waals surface area (Å²) in [7, 11) is 2.88. The van der Waals surface area contributed by atoms with E-state index in [2.05, 4.69) is 19.9 Å². The van der Waals surface area contributed by atoms with Crippen LogP contribution in [0.4, 0.5) is 0 Å². The number of aliphatic hydroxyl groups is 2. The number of nitrogens with zero attached hydrogens (tertiary/aromatic N) is 3. The van der Waals surface area contributed by atoms with E-state index in [1.807, 2.05) is 0 Å². The minimum absolute atomic E-state index is 0.206. The van der Waals surface area contributed by atoms with Crippen LogP contribution in [0.15, 0.2) is 12.5 Å². The van der Waals surface area contributed by atoms with Crippen molar-refractivity contribution in [2.24, 2.45) is 5.73 Å². The normalized spacial score (nSPS) is 34.8. The number of hydrogen-bond donors (Lipinski definition) is 4. The second-order valence-electron chi connectivity index (χ2n) is 5.54. The van der Waals surface area contributed by atoms with Gasteiger partial charge in [0.2, 0.25) is 0 Å². The number of fused-ring (bicyclic) bond motifs is 1. The van der Waals surface area contributed by atoms with Gasteiger partial charge in [-0.3, -0.25) is 0 Å². The summed E-state index contributed by atoms with van der Waals surface area (Å²) in [6.45, 7) is -0.812. The molecule has 3 unspecified atom stereocenters. The first-order valence-electron chi connectivity index (χ1n) is 6.80. The van der Waals surface area contributed by atoms with Crippen molar-refractivity contribution >= 4 is 11.2 Å². The van der Waals surface area contributed by atoms with Gasteiger partial charge in [0, 0.05) is 20.6 Å². The summed E-state index contributed by atoms with van der Waals surface area (Å²) in [6.07, 6.45) is 3.30. The van der Waals surface area contributed by atoms with E-state index in [4.69, 9.17) is 15.2 Å². The second kappa shape index (κ2) is 4.93. The molecule has 0 bridgehead atoms. The summed E-state index contributed by atoms with van der Waals surface area (Å²) in [5.41, 5.74) is 3.67. The van der Waals surface area contributed by atoms with Gasteiger partial charge in [-0.05, 0) is 0 Å². The van der Waals surface area contributed by atoms with Gasteiger partial charge in [0.05, 0.1) is 31.3 Å². The molecule has 5 N–H and O–H groups in total. The van der Waals surface area contributed by atoms with E-state index >= 15 is 0 Å². The van der Waals surface area contributed by atoms with E-state index < -0.39 is 23.3 Å². The Morgan fingerprint density at radius 2 is 2.05 bits per heavy atom. The van der Waals surface area contributed by atoms with Crippen molar-refractivity contribution in [2.45, 2.75) is 23.2 Å². The molecule has 9 heteroatoms. The summed E-state index contributed by atoms with van der Waals surface area (Å²) in [6, 6.07) is 0. The molecule has 2 heterocycles. The average Bonchev–Trinajstić information content (AvgIpc) is 3.01. The van der Waals surface area contributed by atoms with Crippen LogP contribution in [0, 0.1) is 0 Å². The smallest absolute Gasteiger partial charge is 0.180 e. The Morgan fingerprint density at radius 3 is 2.64 bits per heavy atom. The van der Waals surface area contributed by atoms with Crippen molar-refractivity contribution in [1.82, 2.24) is 19.9 Å². The topological polar surface area (TPSA) is 139 Å². The highest BCUT2D eigenvalue weighted by atomic mass is 16.6. The fourth-order valence-corrected chi connectivity index (χ4v) is 3.45. The van der Waals surface area contributed by atoms with E-state index in [9.17, 15) is 10.2 Å². The Kier molecular flexibility index (Phi) is 3.42. The van der Waals surface area contributed by atoms with Crippen LogP contribution in [-0.2, 0) is 15.1 Å². The molecular formula is C13H19N5O4. The number of ether oxygens (including phenoxy) is 2. The van der Waals surface area contributed by atoms with Gasteiger partial charge < -0.3 is 30.4 Å². The zero-order valence-electron chi connectivity index (χ0n) is 12.4. The highest BCUT2D eigenvalue weighted by Crippen LogP contribution is 2.58. The van der Waals surface area contributed by atoms with E-state index in [0.29, 0.717) is 17.0 Å². The third-order valence-electron chi connectivity index (χ3n) is 4.76. The van der Waals surface area contributed by atoms with Gasteiger partial charge >= 0.3 is 0 Å². The SMILES string of the molecule is COC1(c2ncc3[nH]cnc3n2)CC(N)(CO)C1(CO)OC. The second-order valence-corrected chi connectivity index (χ2v) is 5.54. The molecule has 1 fully saturated rings. The van der Waals surface area contributed by atoms with Crippen LogP contribution in [0.2, 0.25) is 0 Å². The van der Waals surface area contributed by atoms with Crippen LogP contribution in [0.25, 0.3) is 11.2 Å². The van der Waals surface area contributed by atoms with E-state index in [1.54, 1.807) is 6.20 Å². The lowest BCUT2D eigenvalue weighted by molar-refractivity contribution is -0.321. The van der Waals surface area contributed by atoms with Crippen LogP contribution in [-0.4, -0.2) is 68.7 Å². The van der Waals surface area contributed by atoms with Crippen LogP contribution in [0.1, 0.15) is 12.2 Å². The molecule has 3 rings (SSSR count). The van der Waals surface area contributed by atoms with Gasteiger partial charge in [-0.15, -0.1) is 0 Å².